The zero-order valence-corrected chi connectivity index (χ0v) is 11.7. The van der Waals surface area contributed by atoms with E-state index in [2.05, 4.69) is 6.92 Å². The van der Waals surface area contributed by atoms with Crippen LogP contribution < -0.4 is 4.74 Å². The van der Waals surface area contributed by atoms with Gasteiger partial charge in [0, 0.05) is 5.56 Å². The fraction of sp³-hybridized carbons (Fsp3) is 0.467. The number of ketones is 1. The van der Waals surface area contributed by atoms with Gasteiger partial charge in [-0.15, -0.1) is 0 Å². The molecule has 4 nitrogen and oxygen atoms in total. The Morgan fingerprint density at radius 2 is 1.95 bits per heavy atom. The molecule has 0 aromatic heterocycles. The summed E-state index contributed by atoms with van der Waals surface area (Å²) in [7, 11) is 0. The molecule has 0 bridgehead atoms. The number of unbranched alkanes of at least 4 members (excludes halogenated alkanes) is 1. The van der Waals surface area contributed by atoms with Gasteiger partial charge in [0.15, 0.2) is 0 Å². The molecule has 0 fully saturated rings. The third-order valence-corrected chi connectivity index (χ3v) is 2.67. The second-order valence-corrected chi connectivity index (χ2v) is 4.23. The molecule has 0 aliphatic carbocycles. The number of aryl methyl sites for hydroxylation is 1. The number of Topliss-reactive ketones (excluding diaryl/α,β-unsaturated/α-hetero) is 1. The lowest BCUT2D eigenvalue weighted by molar-refractivity contribution is -0.137. The van der Waals surface area contributed by atoms with Crippen molar-refractivity contribution in [2.45, 2.75) is 33.6 Å². The molecule has 0 saturated carbocycles. The van der Waals surface area contributed by atoms with Gasteiger partial charge < -0.3 is 9.47 Å². The standard InChI is InChI=1S/C15H20O4/c1-4-6-9-19-12-7-8-13(11(3)10-12)14(16)15(17)18-5-2/h7-8,10H,4-6,9H2,1-3H3. The van der Waals surface area contributed by atoms with E-state index in [0.29, 0.717) is 23.5 Å². The first-order valence-electron chi connectivity index (χ1n) is 6.55. The molecule has 0 N–H and O–H groups in total. The molecule has 0 spiro atoms. The van der Waals surface area contributed by atoms with Crippen LogP contribution in [0, 0.1) is 6.92 Å². The van der Waals surface area contributed by atoms with E-state index in [-0.39, 0.29) is 6.61 Å². The van der Waals surface area contributed by atoms with Crippen LogP contribution in [0.2, 0.25) is 0 Å². The van der Waals surface area contributed by atoms with Crippen LogP contribution in [-0.4, -0.2) is 25.0 Å². The first-order valence-corrected chi connectivity index (χ1v) is 6.55. The number of carbonyl (C=O) groups excluding carboxylic acids is 2. The summed E-state index contributed by atoms with van der Waals surface area (Å²) in [5.41, 5.74) is 1.08. The maximum atomic E-state index is 11.8. The number of benzene rings is 1. The average molecular weight is 264 g/mol. The lowest BCUT2D eigenvalue weighted by Gasteiger charge is -2.09. The lowest BCUT2D eigenvalue weighted by Crippen LogP contribution is -2.18. The molecule has 0 unspecified atom stereocenters. The summed E-state index contributed by atoms with van der Waals surface area (Å²) >= 11 is 0. The quantitative estimate of drug-likeness (QED) is 0.329. The topological polar surface area (TPSA) is 52.6 Å². The number of hydrogen-bond acceptors (Lipinski definition) is 4. The minimum absolute atomic E-state index is 0.196. The van der Waals surface area contributed by atoms with E-state index in [1.807, 2.05) is 0 Å². The normalized spacial score (nSPS) is 10.1. The van der Waals surface area contributed by atoms with Crippen LogP contribution in [0.4, 0.5) is 0 Å². The molecule has 4 heteroatoms. The van der Waals surface area contributed by atoms with Crippen LogP contribution in [-0.2, 0) is 9.53 Å². The first kappa shape index (κ1) is 15.2. The van der Waals surface area contributed by atoms with Crippen LogP contribution in [0.15, 0.2) is 18.2 Å². The predicted molar refractivity (Wildman–Crippen MR) is 72.5 cm³/mol. The minimum atomic E-state index is -0.815. The van der Waals surface area contributed by atoms with E-state index in [9.17, 15) is 9.59 Å². The Balaban J connectivity index is 2.76. The van der Waals surface area contributed by atoms with Gasteiger partial charge in [-0.1, -0.05) is 13.3 Å². The van der Waals surface area contributed by atoms with Crippen molar-refractivity contribution < 1.29 is 19.1 Å². The molecular formula is C15H20O4. The van der Waals surface area contributed by atoms with Gasteiger partial charge >= 0.3 is 5.97 Å². The summed E-state index contributed by atoms with van der Waals surface area (Å²) in [6.45, 7) is 6.39. The van der Waals surface area contributed by atoms with E-state index in [1.165, 1.54) is 0 Å². The number of ether oxygens (including phenoxy) is 2. The molecule has 0 atom stereocenters. The summed E-state index contributed by atoms with van der Waals surface area (Å²) in [4.78, 5) is 23.2. The summed E-state index contributed by atoms with van der Waals surface area (Å²) in [5.74, 6) is -0.712. The van der Waals surface area contributed by atoms with Gasteiger partial charge in [0.25, 0.3) is 5.78 Å². The Morgan fingerprint density at radius 3 is 2.53 bits per heavy atom. The second-order valence-electron chi connectivity index (χ2n) is 4.23. The highest BCUT2D eigenvalue weighted by Gasteiger charge is 2.19. The summed E-state index contributed by atoms with van der Waals surface area (Å²) < 4.78 is 10.2. The average Bonchev–Trinajstić information content (AvgIpc) is 2.39. The Kier molecular flexibility index (Phi) is 6.06. The number of rotatable bonds is 7. The van der Waals surface area contributed by atoms with E-state index in [4.69, 9.17) is 9.47 Å². The highest BCUT2D eigenvalue weighted by molar-refractivity contribution is 6.41. The van der Waals surface area contributed by atoms with Crippen LogP contribution in [0.1, 0.15) is 42.6 Å². The monoisotopic (exact) mass is 264 g/mol. The number of esters is 1. The maximum absolute atomic E-state index is 11.8. The van der Waals surface area contributed by atoms with Crippen LogP contribution in [0.5, 0.6) is 5.75 Å². The molecule has 1 aromatic carbocycles. The van der Waals surface area contributed by atoms with Crippen molar-refractivity contribution >= 4 is 11.8 Å². The Morgan fingerprint density at radius 1 is 1.21 bits per heavy atom. The van der Waals surface area contributed by atoms with Gasteiger partial charge in [-0.05, 0) is 44.0 Å². The molecule has 0 aliphatic heterocycles. The zero-order valence-electron chi connectivity index (χ0n) is 11.7. The van der Waals surface area contributed by atoms with Crippen molar-refractivity contribution in [3.05, 3.63) is 29.3 Å². The Hall–Kier alpha value is -1.84. The van der Waals surface area contributed by atoms with E-state index < -0.39 is 11.8 Å². The molecular weight excluding hydrogens is 244 g/mol. The number of hydrogen-bond donors (Lipinski definition) is 0. The molecule has 1 rings (SSSR count). The van der Waals surface area contributed by atoms with Crippen molar-refractivity contribution in [2.24, 2.45) is 0 Å². The fourth-order valence-corrected chi connectivity index (χ4v) is 1.62. The van der Waals surface area contributed by atoms with E-state index in [1.54, 1.807) is 32.0 Å². The van der Waals surface area contributed by atoms with E-state index in [0.717, 1.165) is 12.8 Å². The van der Waals surface area contributed by atoms with Crippen LogP contribution in [0.25, 0.3) is 0 Å². The SMILES string of the molecule is CCCCOc1ccc(C(=O)C(=O)OCC)c(C)c1. The third kappa shape index (κ3) is 4.39. The molecule has 104 valence electrons. The van der Waals surface area contributed by atoms with Gasteiger partial charge in [0.05, 0.1) is 13.2 Å². The predicted octanol–water partition coefficient (Wildman–Crippen LogP) is 2.92. The van der Waals surface area contributed by atoms with Crippen molar-refractivity contribution in [2.75, 3.05) is 13.2 Å². The molecule has 0 heterocycles. The third-order valence-electron chi connectivity index (χ3n) is 2.67. The van der Waals surface area contributed by atoms with Gasteiger partial charge in [-0.3, -0.25) is 4.79 Å². The highest BCUT2D eigenvalue weighted by Crippen LogP contribution is 2.18. The van der Waals surface area contributed by atoms with Gasteiger partial charge in [-0.25, -0.2) is 4.79 Å². The maximum Gasteiger partial charge on any atom is 0.379 e. The lowest BCUT2D eigenvalue weighted by atomic mass is 10.0. The minimum Gasteiger partial charge on any atom is -0.494 e. The van der Waals surface area contributed by atoms with Gasteiger partial charge in [0.2, 0.25) is 0 Å². The van der Waals surface area contributed by atoms with Crippen molar-refractivity contribution in [1.82, 2.24) is 0 Å². The highest BCUT2D eigenvalue weighted by atomic mass is 16.5. The Labute approximate surface area is 113 Å². The van der Waals surface area contributed by atoms with Crippen molar-refractivity contribution in [3.8, 4) is 5.75 Å². The van der Waals surface area contributed by atoms with E-state index >= 15 is 0 Å². The molecule has 1 aromatic rings. The summed E-state index contributed by atoms with van der Waals surface area (Å²) in [6.07, 6.45) is 2.06. The molecule has 0 amide bonds. The Bertz CT molecular complexity index is 451. The largest absolute Gasteiger partial charge is 0.494 e. The second kappa shape index (κ2) is 7.56. The molecule has 0 saturated heterocycles. The summed E-state index contributed by atoms with van der Waals surface area (Å²) in [6, 6.07) is 5.08. The molecule has 0 aliphatic rings. The van der Waals surface area contributed by atoms with Crippen LogP contribution >= 0.6 is 0 Å². The zero-order chi connectivity index (χ0) is 14.3. The smallest absolute Gasteiger partial charge is 0.379 e. The van der Waals surface area contributed by atoms with Crippen molar-refractivity contribution in [3.63, 3.8) is 0 Å². The number of carbonyl (C=O) groups is 2. The summed E-state index contributed by atoms with van der Waals surface area (Å²) in [5, 5.41) is 0. The fourth-order valence-electron chi connectivity index (χ4n) is 1.62. The van der Waals surface area contributed by atoms with Crippen LogP contribution in [0.3, 0.4) is 0 Å². The molecule has 0 radical (unpaired) electrons. The van der Waals surface area contributed by atoms with Gasteiger partial charge in [0.1, 0.15) is 5.75 Å². The first-order chi connectivity index (χ1) is 9.10. The molecule has 19 heavy (non-hydrogen) atoms. The van der Waals surface area contributed by atoms with Crippen molar-refractivity contribution in [1.29, 1.82) is 0 Å². The van der Waals surface area contributed by atoms with Gasteiger partial charge in [-0.2, -0.15) is 0 Å².